The van der Waals surface area contributed by atoms with E-state index in [0.29, 0.717) is 43.2 Å². The van der Waals surface area contributed by atoms with Crippen LogP contribution in [-0.4, -0.2) is 29.5 Å². The molecule has 2 saturated heterocycles. The molecule has 1 atom stereocenters. The number of pyridine rings is 1. The molecule has 1 aromatic carbocycles. The van der Waals surface area contributed by atoms with E-state index >= 15 is 0 Å². The summed E-state index contributed by atoms with van der Waals surface area (Å²) in [5, 5.41) is 2.97. The number of amides is 2. The lowest BCUT2D eigenvalue weighted by molar-refractivity contribution is -0.134. The van der Waals surface area contributed by atoms with E-state index in [1.807, 2.05) is 30.0 Å². The predicted molar refractivity (Wildman–Crippen MR) is 117 cm³/mol. The third-order valence-corrected chi connectivity index (χ3v) is 6.76. The van der Waals surface area contributed by atoms with Gasteiger partial charge in [0, 0.05) is 43.3 Å². The lowest BCUT2D eigenvalue weighted by atomic mass is 9.84. The van der Waals surface area contributed by atoms with E-state index in [4.69, 9.17) is 11.6 Å². The number of anilines is 1. The molecule has 3 heterocycles. The van der Waals surface area contributed by atoms with Gasteiger partial charge in [-0.15, -0.1) is 0 Å². The van der Waals surface area contributed by atoms with E-state index in [2.05, 4.69) is 5.32 Å². The summed E-state index contributed by atoms with van der Waals surface area (Å²) < 4.78 is 15.3. The quantitative estimate of drug-likeness (QED) is 0.730. The van der Waals surface area contributed by atoms with Crippen molar-refractivity contribution in [2.75, 3.05) is 18.0 Å². The highest BCUT2D eigenvalue weighted by Gasteiger charge is 2.31. The Labute approximate surface area is 185 Å². The lowest BCUT2D eigenvalue weighted by Gasteiger charge is -2.34. The van der Waals surface area contributed by atoms with Crippen molar-refractivity contribution in [3.8, 4) is 0 Å². The molecule has 2 aliphatic heterocycles. The van der Waals surface area contributed by atoms with Gasteiger partial charge in [-0.2, -0.15) is 0 Å². The van der Waals surface area contributed by atoms with Crippen molar-refractivity contribution in [1.29, 1.82) is 0 Å². The molecule has 0 radical (unpaired) electrons. The van der Waals surface area contributed by atoms with E-state index in [9.17, 15) is 18.8 Å². The van der Waals surface area contributed by atoms with Gasteiger partial charge in [0.25, 0.3) is 5.56 Å². The Morgan fingerprint density at radius 3 is 2.52 bits per heavy atom. The molecule has 0 spiro atoms. The molecule has 8 heteroatoms. The molecule has 164 valence electrons. The summed E-state index contributed by atoms with van der Waals surface area (Å²) in [6.07, 6.45) is 3.52. The van der Waals surface area contributed by atoms with E-state index in [-0.39, 0.29) is 23.3 Å². The fourth-order valence-electron chi connectivity index (χ4n) is 4.62. The number of hydrogen-bond donors (Lipinski definition) is 1. The average Bonchev–Trinajstić information content (AvgIpc) is 2.76. The van der Waals surface area contributed by atoms with Crippen molar-refractivity contribution in [1.82, 2.24) is 9.88 Å². The molecule has 1 N–H and O–H groups in total. The zero-order chi connectivity index (χ0) is 22.1. The van der Waals surface area contributed by atoms with Gasteiger partial charge in [-0.05, 0) is 43.2 Å². The fraction of sp³-hybridized carbons (Fsp3) is 0.435. The normalized spacial score (nSPS) is 20.1. The molecular weight excluding hydrogens is 421 g/mol. The molecule has 2 aliphatic rings. The lowest BCUT2D eigenvalue weighted by Crippen LogP contribution is -2.39. The van der Waals surface area contributed by atoms with Crippen LogP contribution in [0.3, 0.4) is 0 Å². The number of hydrogen-bond acceptors (Lipinski definition) is 4. The van der Waals surface area contributed by atoms with Crippen LogP contribution in [0.25, 0.3) is 0 Å². The van der Waals surface area contributed by atoms with Crippen LogP contribution in [-0.2, 0) is 16.1 Å². The minimum Gasteiger partial charge on any atom is -0.367 e. The van der Waals surface area contributed by atoms with Crippen molar-refractivity contribution in [2.24, 2.45) is 0 Å². The van der Waals surface area contributed by atoms with Gasteiger partial charge in [0.1, 0.15) is 11.5 Å². The monoisotopic (exact) mass is 445 g/mol. The summed E-state index contributed by atoms with van der Waals surface area (Å²) in [7, 11) is 0. The van der Waals surface area contributed by atoms with Crippen LogP contribution in [0.1, 0.15) is 55.6 Å². The van der Waals surface area contributed by atoms with Crippen molar-refractivity contribution in [3.05, 3.63) is 62.8 Å². The Morgan fingerprint density at radius 2 is 1.84 bits per heavy atom. The van der Waals surface area contributed by atoms with E-state index in [1.165, 1.54) is 16.8 Å². The Balaban J connectivity index is 1.52. The first-order valence-corrected chi connectivity index (χ1v) is 11.0. The summed E-state index contributed by atoms with van der Waals surface area (Å²) in [6.45, 7) is 3.47. The largest absolute Gasteiger partial charge is 0.367 e. The molecule has 0 aliphatic carbocycles. The van der Waals surface area contributed by atoms with Crippen molar-refractivity contribution in [3.63, 3.8) is 0 Å². The molecule has 0 saturated carbocycles. The van der Waals surface area contributed by atoms with Gasteiger partial charge < -0.3 is 9.47 Å². The Kier molecular flexibility index (Phi) is 6.14. The topological polar surface area (TPSA) is 71.4 Å². The molecule has 1 unspecified atom stereocenters. The van der Waals surface area contributed by atoms with E-state index in [0.717, 1.165) is 24.0 Å². The number of aryl methyl sites for hydroxylation is 1. The summed E-state index contributed by atoms with van der Waals surface area (Å²) in [5.74, 6) is -1.22. The van der Waals surface area contributed by atoms with Crippen LogP contribution < -0.4 is 15.8 Å². The number of halogens is 2. The maximum absolute atomic E-state index is 14.0. The second kappa shape index (κ2) is 8.83. The van der Waals surface area contributed by atoms with Gasteiger partial charge in [-0.25, -0.2) is 4.39 Å². The number of nitrogens with zero attached hydrogens (tertiary/aromatic N) is 2. The number of carbonyl (C=O) groups is 2. The van der Waals surface area contributed by atoms with E-state index in [1.54, 1.807) is 0 Å². The van der Waals surface area contributed by atoms with Crippen molar-refractivity contribution >= 4 is 29.1 Å². The smallest absolute Gasteiger partial charge is 0.274 e. The summed E-state index contributed by atoms with van der Waals surface area (Å²) in [4.78, 5) is 38.3. The molecule has 6 nitrogen and oxygen atoms in total. The Bertz CT molecular complexity index is 1080. The van der Waals surface area contributed by atoms with E-state index < -0.39 is 11.7 Å². The number of nitrogens with one attached hydrogen (secondary N) is 1. The summed E-state index contributed by atoms with van der Waals surface area (Å²) in [5.41, 5.74) is 1.94. The van der Waals surface area contributed by atoms with Gasteiger partial charge in [0.15, 0.2) is 0 Å². The SMILES string of the molecule is CCn1cc(F)cc(N2CCC(c3cccc(C4CCC(=O)NC4=O)c3Cl)CC2)c1=O. The maximum Gasteiger partial charge on any atom is 0.274 e. The third-order valence-electron chi connectivity index (χ3n) is 6.32. The molecule has 0 bridgehead atoms. The summed E-state index contributed by atoms with van der Waals surface area (Å²) >= 11 is 6.73. The van der Waals surface area contributed by atoms with Crippen LogP contribution in [0.2, 0.25) is 5.02 Å². The van der Waals surface area contributed by atoms with Crippen LogP contribution in [0.5, 0.6) is 0 Å². The molecule has 31 heavy (non-hydrogen) atoms. The Hall–Kier alpha value is -2.67. The molecule has 2 aromatic rings. The number of carbonyl (C=O) groups excluding carboxylic acids is 2. The standard InChI is InChI=1S/C23H25ClFN3O3/c1-2-27-13-15(25)12-19(23(27)31)28-10-8-14(9-11-28)16-4-3-5-17(21(16)24)18-6-7-20(29)26-22(18)30/h3-5,12-14,18H,2,6-11H2,1H3,(H,26,29,30). The molecular formula is C23H25ClFN3O3. The second-order valence-electron chi connectivity index (χ2n) is 8.15. The number of aromatic nitrogens is 1. The third kappa shape index (κ3) is 4.24. The molecule has 2 amide bonds. The molecule has 2 fully saturated rings. The zero-order valence-corrected chi connectivity index (χ0v) is 18.1. The predicted octanol–water partition coefficient (Wildman–Crippen LogP) is 3.56. The number of imide groups is 1. The average molecular weight is 446 g/mol. The first-order valence-electron chi connectivity index (χ1n) is 10.7. The Morgan fingerprint density at radius 1 is 1.13 bits per heavy atom. The summed E-state index contributed by atoms with van der Waals surface area (Å²) in [6, 6.07) is 7.04. The zero-order valence-electron chi connectivity index (χ0n) is 17.4. The maximum atomic E-state index is 14.0. The minimum atomic E-state index is -0.426. The highest BCUT2D eigenvalue weighted by atomic mass is 35.5. The number of rotatable bonds is 4. The van der Waals surface area contributed by atoms with Gasteiger partial charge in [0.05, 0.1) is 5.92 Å². The molecule has 4 rings (SSSR count). The number of piperidine rings is 2. The van der Waals surface area contributed by atoms with Gasteiger partial charge in [0.2, 0.25) is 11.8 Å². The van der Waals surface area contributed by atoms with Gasteiger partial charge in [-0.3, -0.25) is 19.7 Å². The van der Waals surface area contributed by atoms with Gasteiger partial charge >= 0.3 is 0 Å². The van der Waals surface area contributed by atoms with Crippen molar-refractivity contribution in [2.45, 2.75) is 51.0 Å². The first kappa shape index (κ1) is 21.6. The van der Waals surface area contributed by atoms with Crippen LogP contribution in [0.15, 0.2) is 35.3 Å². The highest BCUT2D eigenvalue weighted by Crippen LogP contribution is 2.39. The van der Waals surface area contributed by atoms with Gasteiger partial charge in [-0.1, -0.05) is 29.8 Å². The minimum absolute atomic E-state index is 0.180. The van der Waals surface area contributed by atoms with Crippen LogP contribution in [0, 0.1) is 5.82 Å². The second-order valence-corrected chi connectivity index (χ2v) is 8.53. The van der Waals surface area contributed by atoms with Crippen LogP contribution >= 0.6 is 11.6 Å². The molecule has 1 aromatic heterocycles. The highest BCUT2D eigenvalue weighted by molar-refractivity contribution is 6.32. The first-order chi connectivity index (χ1) is 14.9. The van der Waals surface area contributed by atoms with Crippen molar-refractivity contribution < 1.29 is 14.0 Å². The van der Waals surface area contributed by atoms with Crippen LogP contribution in [0.4, 0.5) is 10.1 Å². The fourth-order valence-corrected chi connectivity index (χ4v) is 5.03. The number of benzene rings is 1.